The number of carbonyl (C=O) groups is 1. The quantitative estimate of drug-likeness (QED) is 0.772. The van der Waals surface area contributed by atoms with Gasteiger partial charge in [-0.25, -0.2) is 0 Å². The van der Waals surface area contributed by atoms with Gasteiger partial charge in [0.05, 0.1) is 18.1 Å². The highest BCUT2D eigenvalue weighted by atomic mass is 16.5. The van der Waals surface area contributed by atoms with E-state index in [-0.39, 0.29) is 17.4 Å². The van der Waals surface area contributed by atoms with E-state index in [1.165, 1.54) is 19.3 Å². The maximum absolute atomic E-state index is 12.7. The smallest absolute Gasteiger partial charge is 0.228 e. The highest BCUT2D eigenvalue weighted by molar-refractivity contribution is 5.84. The lowest BCUT2D eigenvalue weighted by atomic mass is 9.67. The van der Waals surface area contributed by atoms with Crippen LogP contribution < -0.4 is 10.6 Å². The van der Waals surface area contributed by atoms with E-state index in [0.717, 1.165) is 39.0 Å². The molecular formula is C14H24N2O2. The molecule has 0 spiro atoms. The third-order valence-corrected chi connectivity index (χ3v) is 4.99. The maximum atomic E-state index is 12.7. The van der Waals surface area contributed by atoms with Gasteiger partial charge in [0.25, 0.3) is 0 Å². The fourth-order valence-electron chi connectivity index (χ4n) is 3.87. The molecule has 0 radical (unpaired) electrons. The van der Waals surface area contributed by atoms with Crippen molar-refractivity contribution in [3.8, 4) is 0 Å². The first-order valence-corrected chi connectivity index (χ1v) is 7.41. The lowest BCUT2D eigenvalue weighted by Crippen LogP contribution is -2.52. The fourth-order valence-corrected chi connectivity index (χ4v) is 3.87. The van der Waals surface area contributed by atoms with Crippen molar-refractivity contribution in [1.82, 2.24) is 10.6 Å². The molecule has 3 aliphatic rings. The molecule has 0 aromatic heterocycles. The van der Waals surface area contributed by atoms with E-state index in [1.54, 1.807) is 0 Å². The van der Waals surface area contributed by atoms with E-state index in [0.29, 0.717) is 12.5 Å². The molecule has 0 aromatic rings. The molecule has 0 bridgehead atoms. The molecule has 2 saturated heterocycles. The first kappa shape index (κ1) is 12.4. The first-order chi connectivity index (χ1) is 8.81. The SMILES string of the molecule is O=C(NC1CCCOC1)[C@@]12CCCC[C@H]1CNC2. The van der Waals surface area contributed by atoms with Crippen LogP contribution >= 0.6 is 0 Å². The molecule has 1 aliphatic carbocycles. The molecular weight excluding hydrogens is 228 g/mol. The number of carbonyl (C=O) groups excluding carboxylic acids is 1. The molecule has 3 atom stereocenters. The lowest BCUT2D eigenvalue weighted by Gasteiger charge is -2.38. The van der Waals surface area contributed by atoms with Crippen molar-refractivity contribution in [3.63, 3.8) is 0 Å². The Morgan fingerprint density at radius 1 is 1.28 bits per heavy atom. The first-order valence-electron chi connectivity index (χ1n) is 7.41. The highest BCUT2D eigenvalue weighted by Gasteiger charge is 2.50. The van der Waals surface area contributed by atoms with Crippen molar-refractivity contribution in [1.29, 1.82) is 0 Å². The number of hydrogen-bond donors (Lipinski definition) is 2. The van der Waals surface area contributed by atoms with Crippen molar-refractivity contribution in [2.24, 2.45) is 11.3 Å². The van der Waals surface area contributed by atoms with Gasteiger partial charge in [0.2, 0.25) is 5.91 Å². The summed E-state index contributed by atoms with van der Waals surface area (Å²) in [5.74, 6) is 0.837. The van der Waals surface area contributed by atoms with Gasteiger partial charge in [-0.15, -0.1) is 0 Å². The fraction of sp³-hybridized carbons (Fsp3) is 0.929. The third kappa shape index (κ3) is 2.16. The zero-order valence-electron chi connectivity index (χ0n) is 11.0. The summed E-state index contributed by atoms with van der Waals surface area (Å²) in [4.78, 5) is 12.7. The van der Waals surface area contributed by atoms with Crippen LogP contribution in [-0.4, -0.2) is 38.3 Å². The van der Waals surface area contributed by atoms with E-state index >= 15 is 0 Å². The zero-order valence-corrected chi connectivity index (χ0v) is 11.0. The van der Waals surface area contributed by atoms with Crippen molar-refractivity contribution >= 4 is 5.91 Å². The summed E-state index contributed by atoms with van der Waals surface area (Å²) in [5, 5.41) is 6.68. The van der Waals surface area contributed by atoms with Crippen LogP contribution in [0.1, 0.15) is 38.5 Å². The molecule has 1 saturated carbocycles. The molecule has 3 rings (SSSR count). The Morgan fingerprint density at radius 2 is 2.22 bits per heavy atom. The second-order valence-electron chi connectivity index (χ2n) is 6.12. The minimum absolute atomic E-state index is 0.115. The van der Waals surface area contributed by atoms with E-state index in [9.17, 15) is 4.79 Å². The lowest BCUT2D eigenvalue weighted by molar-refractivity contribution is -0.135. The summed E-state index contributed by atoms with van der Waals surface area (Å²) in [6.45, 7) is 3.44. The number of nitrogens with one attached hydrogen (secondary N) is 2. The predicted molar refractivity (Wildman–Crippen MR) is 69.2 cm³/mol. The van der Waals surface area contributed by atoms with Crippen LogP contribution in [-0.2, 0) is 9.53 Å². The predicted octanol–water partition coefficient (Wildman–Crippen LogP) is 1.06. The second kappa shape index (κ2) is 5.17. The largest absolute Gasteiger partial charge is 0.379 e. The van der Waals surface area contributed by atoms with Gasteiger partial charge in [-0.2, -0.15) is 0 Å². The summed E-state index contributed by atoms with van der Waals surface area (Å²) < 4.78 is 5.45. The third-order valence-electron chi connectivity index (χ3n) is 4.99. The van der Waals surface area contributed by atoms with Crippen molar-refractivity contribution < 1.29 is 9.53 Å². The average Bonchev–Trinajstić information content (AvgIpc) is 2.85. The molecule has 1 amide bonds. The van der Waals surface area contributed by atoms with Gasteiger partial charge in [-0.05, 0) is 38.1 Å². The van der Waals surface area contributed by atoms with Crippen LogP contribution in [0.5, 0.6) is 0 Å². The topological polar surface area (TPSA) is 50.4 Å². The molecule has 2 aliphatic heterocycles. The van der Waals surface area contributed by atoms with E-state index in [2.05, 4.69) is 10.6 Å². The minimum atomic E-state index is -0.115. The number of amides is 1. The van der Waals surface area contributed by atoms with Gasteiger partial charge in [0, 0.05) is 13.2 Å². The normalized spacial score (nSPS) is 40.2. The zero-order chi connectivity index (χ0) is 12.4. The summed E-state index contributed by atoms with van der Waals surface area (Å²) >= 11 is 0. The molecule has 4 nitrogen and oxygen atoms in total. The van der Waals surface area contributed by atoms with Crippen molar-refractivity contribution in [2.75, 3.05) is 26.3 Å². The summed E-state index contributed by atoms with van der Waals surface area (Å²) in [6, 6.07) is 0.240. The number of rotatable bonds is 2. The minimum Gasteiger partial charge on any atom is -0.379 e. The van der Waals surface area contributed by atoms with Gasteiger partial charge in [-0.1, -0.05) is 12.8 Å². The monoisotopic (exact) mass is 252 g/mol. The van der Waals surface area contributed by atoms with Gasteiger partial charge >= 0.3 is 0 Å². The van der Waals surface area contributed by atoms with Gasteiger partial charge in [0.15, 0.2) is 0 Å². The second-order valence-corrected chi connectivity index (χ2v) is 6.12. The van der Waals surface area contributed by atoms with Crippen LogP contribution in [0.3, 0.4) is 0 Å². The molecule has 2 heterocycles. The van der Waals surface area contributed by atoms with Gasteiger partial charge in [-0.3, -0.25) is 4.79 Å². The van der Waals surface area contributed by atoms with Crippen LogP contribution in [0.15, 0.2) is 0 Å². The molecule has 0 aromatic carbocycles. The molecule has 2 N–H and O–H groups in total. The van der Waals surface area contributed by atoms with E-state index in [1.807, 2.05) is 0 Å². The molecule has 1 unspecified atom stereocenters. The standard InChI is InChI=1S/C14H24N2O2/c17-13(16-12-5-3-7-18-9-12)14-6-2-1-4-11(14)8-15-10-14/h11-12,15H,1-10H2,(H,16,17)/t11-,12?,14+/m0/s1. The van der Waals surface area contributed by atoms with E-state index < -0.39 is 0 Å². The Balaban J connectivity index is 1.66. The number of ether oxygens (including phenoxy) is 1. The molecule has 102 valence electrons. The maximum Gasteiger partial charge on any atom is 0.228 e. The van der Waals surface area contributed by atoms with Crippen molar-refractivity contribution in [2.45, 2.75) is 44.6 Å². The van der Waals surface area contributed by atoms with Crippen LogP contribution in [0.2, 0.25) is 0 Å². The Labute approximate surface area is 109 Å². The molecule has 3 fully saturated rings. The number of fused-ring (bicyclic) bond motifs is 1. The Kier molecular flexibility index (Phi) is 3.57. The van der Waals surface area contributed by atoms with Gasteiger partial charge < -0.3 is 15.4 Å². The Bertz CT molecular complexity index is 315. The average molecular weight is 252 g/mol. The van der Waals surface area contributed by atoms with Crippen molar-refractivity contribution in [3.05, 3.63) is 0 Å². The summed E-state index contributed by atoms with van der Waals surface area (Å²) in [5.41, 5.74) is -0.115. The van der Waals surface area contributed by atoms with Crippen LogP contribution in [0.25, 0.3) is 0 Å². The highest BCUT2D eigenvalue weighted by Crippen LogP contribution is 2.44. The molecule has 4 heteroatoms. The van der Waals surface area contributed by atoms with Crippen LogP contribution in [0, 0.1) is 11.3 Å². The number of hydrogen-bond acceptors (Lipinski definition) is 3. The van der Waals surface area contributed by atoms with Gasteiger partial charge in [0.1, 0.15) is 0 Å². The van der Waals surface area contributed by atoms with E-state index in [4.69, 9.17) is 4.74 Å². The van der Waals surface area contributed by atoms with Crippen LogP contribution in [0.4, 0.5) is 0 Å². The molecule has 18 heavy (non-hydrogen) atoms. The summed E-state index contributed by atoms with van der Waals surface area (Å²) in [7, 11) is 0. The Hall–Kier alpha value is -0.610. The Morgan fingerprint density at radius 3 is 3.06 bits per heavy atom. The summed E-state index contributed by atoms with van der Waals surface area (Å²) in [6.07, 6.45) is 6.89.